The number of aliphatic carboxylic acids is 2. The van der Waals surface area contributed by atoms with E-state index in [1.54, 1.807) is 0 Å². The van der Waals surface area contributed by atoms with E-state index in [0.717, 1.165) is 52.2 Å². The van der Waals surface area contributed by atoms with Gasteiger partial charge >= 0.3 is 24.3 Å². The summed E-state index contributed by atoms with van der Waals surface area (Å²) in [5.74, 6) is -5.51. The van der Waals surface area contributed by atoms with Gasteiger partial charge in [0.25, 0.3) is 0 Å². The van der Waals surface area contributed by atoms with Crippen molar-refractivity contribution in [2.45, 2.75) is 70.3 Å². The van der Waals surface area contributed by atoms with Crippen LogP contribution in [0, 0.1) is 6.92 Å². The fraction of sp³-hybridized carbons (Fsp3) is 0.667. The van der Waals surface area contributed by atoms with E-state index in [1.807, 2.05) is 0 Å². The van der Waals surface area contributed by atoms with E-state index in [9.17, 15) is 26.3 Å². The molecule has 2 saturated heterocycles. The first kappa shape index (κ1) is 33.6. The number of nitrogens with zero attached hydrogens (tertiary/aromatic N) is 1. The van der Waals surface area contributed by atoms with Gasteiger partial charge in [0.05, 0.1) is 19.3 Å². The average molecular weight is 561 g/mol. The third-order valence-electron chi connectivity index (χ3n) is 5.88. The molecule has 2 heterocycles. The standard InChI is InChI=1S/C20H32N2O2.2C2HF3O2/c1-16(2)22-10-11-23-15-20(14-22)9-8-19(24-20)13-21-12-18-7-5-4-6-17(18)3;2*3-2(4,5)1(6)7/h4-7,16,19,21H,8-15H2,1-3H3;2*(H,6,7)/t19-,20-;;/m1../s1. The number of hydrogen-bond donors (Lipinski definition) is 3. The summed E-state index contributed by atoms with van der Waals surface area (Å²) in [4.78, 5) is 20.3. The Labute approximate surface area is 216 Å². The van der Waals surface area contributed by atoms with Crippen LogP contribution in [0.2, 0.25) is 0 Å². The van der Waals surface area contributed by atoms with E-state index in [4.69, 9.17) is 29.3 Å². The van der Waals surface area contributed by atoms with E-state index in [1.165, 1.54) is 11.1 Å². The average Bonchev–Trinajstić information content (AvgIpc) is 3.06. The van der Waals surface area contributed by atoms with E-state index in [-0.39, 0.29) is 5.60 Å². The van der Waals surface area contributed by atoms with Gasteiger partial charge in [-0.1, -0.05) is 24.3 Å². The molecule has 218 valence electrons. The highest BCUT2D eigenvalue weighted by Crippen LogP contribution is 2.33. The van der Waals surface area contributed by atoms with E-state index in [0.29, 0.717) is 12.1 Å². The zero-order valence-electron chi connectivity index (χ0n) is 21.4. The number of carboxylic acid groups (broad SMARTS) is 2. The minimum absolute atomic E-state index is 0.101. The highest BCUT2D eigenvalue weighted by molar-refractivity contribution is 5.73. The number of carbonyl (C=O) groups is 2. The van der Waals surface area contributed by atoms with Crippen molar-refractivity contribution in [2.24, 2.45) is 0 Å². The molecule has 3 N–H and O–H groups in total. The number of rotatable bonds is 5. The molecular formula is C24H34F6N2O6. The van der Waals surface area contributed by atoms with Gasteiger partial charge in [-0.15, -0.1) is 0 Å². The van der Waals surface area contributed by atoms with Gasteiger partial charge in [0.2, 0.25) is 0 Å². The molecule has 3 rings (SSSR count). The van der Waals surface area contributed by atoms with Crippen LogP contribution in [0.1, 0.15) is 37.8 Å². The molecule has 1 spiro atoms. The summed E-state index contributed by atoms with van der Waals surface area (Å²) in [6.45, 7) is 12.1. The molecule has 14 heteroatoms. The first-order chi connectivity index (χ1) is 17.5. The number of hydrogen-bond acceptors (Lipinski definition) is 6. The fourth-order valence-electron chi connectivity index (χ4n) is 3.81. The Kier molecular flexibility index (Phi) is 13.0. The first-order valence-corrected chi connectivity index (χ1v) is 11.8. The summed E-state index contributed by atoms with van der Waals surface area (Å²) in [5, 5.41) is 17.8. The van der Waals surface area contributed by atoms with Crippen molar-refractivity contribution in [1.82, 2.24) is 10.2 Å². The molecular weight excluding hydrogens is 526 g/mol. The van der Waals surface area contributed by atoms with Crippen LogP contribution in [0.5, 0.6) is 0 Å². The number of aryl methyl sites for hydroxylation is 1. The van der Waals surface area contributed by atoms with Crippen LogP contribution in [0.4, 0.5) is 26.3 Å². The molecule has 2 aliphatic heterocycles. The molecule has 2 fully saturated rings. The van der Waals surface area contributed by atoms with Crippen molar-refractivity contribution in [1.29, 1.82) is 0 Å². The molecule has 0 bridgehead atoms. The summed E-state index contributed by atoms with van der Waals surface area (Å²) in [7, 11) is 0. The largest absolute Gasteiger partial charge is 0.490 e. The van der Waals surface area contributed by atoms with Crippen LogP contribution >= 0.6 is 0 Å². The van der Waals surface area contributed by atoms with E-state index >= 15 is 0 Å². The van der Waals surface area contributed by atoms with Crippen LogP contribution in [0.15, 0.2) is 24.3 Å². The number of benzene rings is 1. The van der Waals surface area contributed by atoms with Crippen LogP contribution < -0.4 is 5.32 Å². The second kappa shape index (κ2) is 14.7. The monoisotopic (exact) mass is 560 g/mol. The Morgan fingerprint density at radius 2 is 1.66 bits per heavy atom. The molecule has 1 aromatic rings. The lowest BCUT2D eigenvalue weighted by molar-refractivity contribution is -0.193. The Morgan fingerprint density at radius 1 is 1.11 bits per heavy atom. The number of nitrogens with one attached hydrogen (secondary N) is 1. The van der Waals surface area contributed by atoms with E-state index < -0.39 is 24.3 Å². The van der Waals surface area contributed by atoms with Gasteiger partial charge in [-0.3, -0.25) is 4.90 Å². The Bertz CT molecular complexity index is 872. The molecule has 2 atom stereocenters. The first-order valence-electron chi connectivity index (χ1n) is 11.8. The number of halogens is 6. The molecule has 0 aliphatic carbocycles. The van der Waals surface area contributed by atoms with Crippen molar-refractivity contribution < 1.29 is 55.6 Å². The van der Waals surface area contributed by atoms with Gasteiger partial charge in [0, 0.05) is 32.2 Å². The van der Waals surface area contributed by atoms with E-state index in [2.05, 4.69) is 55.3 Å². The maximum absolute atomic E-state index is 10.6. The van der Waals surface area contributed by atoms with Gasteiger partial charge in [-0.05, 0) is 44.7 Å². The van der Waals surface area contributed by atoms with Gasteiger partial charge in [-0.25, -0.2) is 9.59 Å². The molecule has 1 aromatic carbocycles. The minimum Gasteiger partial charge on any atom is -0.475 e. The topological polar surface area (TPSA) is 108 Å². The van der Waals surface area contributed by atoms with Crippen LogP contribution in [-0.2, 0) is 25.6 Å². The Hall–Kier alpha value is -2.42. The summed E-state index contributed by atoms with van der Waals surface area (Å²) < 4.78 is 75.8. The summed E-state index contributed by atoms with van der Waals surface area (Å²) in [6.07, 6.45) is -7.65. The fourth-order valence-corrected chi connectivity index (χ4v) is 3.81. The zero-order valence-corrected chi connectivity index (χ0v) is 21.4. The zero-order chi connectivity index (χ0) is 29.1. The van der Waals surface area contributed by atoms with Crippen molar-refractivity contribution >= 4 is 11.9 Å². The van der Waals surface area contributed by atoms with Crippen molar-refractivity contribution in [3.8, 4) is 0 Å². The molecule has 8 nitrogen and oxygen atoms in total. The smallest absolute Gasteiger partial charge is 0.475 e. The molecule has 38 heavy (non-hydrogen) atoms. The van der Waals surface area contributed by atoms with Crippen molar-refractivity contribution in [3.05, 3.63) is 35.4 Å². The molecule has 0 aromatic heterocycles. The van der Waals surface area contributed by atoms with Gasteiger partial charge in [0.15, 0.2) is 0 Å². The summed E-state index contributed by atoms with van der Waals surface area (Å²) in [5.41, 5.74) is 2.61. The van der Waals surface area contributed by atoms with Crippen LogP contribution in [-0.4, -0.2) is 90.0 Å². The third-order valence-corrected chi connectivity index (χ3v) is 5.88. The quantitative estimate of drug-likeness (QED) is 0.464. The van der Waals surface area contributed by atoms with Gasteiger partial charge in [0.1, 0.15) is 5.60 Å². The Morgan fingerprint density at radius 3 is 2.16 bits per heavy atom. The third kappa shape index (κ3) is 12.0. The summed E-state index contributed by atoms with van der Waals surface area (Å²) >= 11 is 0. The predicted molar refractivity (Wildman–Crippen MR) is 125 cm³/mol. The molecule has 0 unspecified atom stereocenters. The maximum atomic E-state index is 10.6. The minimum atomic E-state index is -5.08. The molecule has 0 amide bonds. The molecule has 2 aliphatic rings. The molecule has 0 saturated carbocycles. The lowest BCUT2D eigenvalue weighted by atomic mass is 9.99. The number of alkyl halides is 6. The van der Waals surface area contributed by atoms with Gasteiger partial charge in [-0.2, -0.15) is 26.3 Å². The highest BCUT2D eigenvalue weighted by Gasteiger charge is 2.43. The van der Waals surface area contributed by atoms with Crippen molar-refractivity contribution in [2.75, 3.05) is 32.8 Å². The van der Waals surface area contributed by atoms with Gasteiger partial charge < -0.3 is 25.0 Å². The second-order valence-electron chi connectivity index (χ2n) is 9.24. The maximum Gasteiger partial charge on any atom is 0.490 e. The number of carboxylic acids is 2. The highest BCUT2D eigenvalue weighted by atomic mass is 19.4. The lowest BCUT2D eigenvalue weighted by Crippen LogP contribution is -2.47. The SMILES string of the molecule is Cc1ccccc1CNC[C@H]1CC[C@@]2(COCCN(C(C)C)C2)O1.O=C(O)C(F)(F)F.O=C(O)C(F)(F)F. The predicted octanol–water partition coefficient (Wildman–Crippen LogP) is 4.01. The summed E-state index contributed by atoms with van der Waals surface area (Å²) in [6, 6.07) is 9.11. The molecule has 0 radical (unpaired) electrons. The van der Waals surface area contributed by atoms with Crippen LogP contribution in [0.3, 0.4) is 0 Å². The van der Waals surface area contributed by atoms with Crippen molar-refractivity contribution in [3.63, 3.8) is 0 Å². The second-order valence-corrected chi connectivity index (χ2v) is 9.24. The van der Waals surface area contributed by atoms with Crippen LogP contribution in [0.25, 0.3) is 0 Å². The number of ether oxygens (including phenoxy) is 2. The lowest BCUT2D eigenvalue weighted by Gasteiger charge is -2.34. The Balaban J connectivity index is 0.000000426. The normalized spacial score (nSPS) is 22.2.